The number of unbranched alkanes of at least 4 members (excludes halogenated alkanes) is 8. The SMILES string of the molecule is C=CC(CCCCCCCCCCC)[N+](C)(C)Cc1ccccc1.[Br-]. The molecule has 0 aliphatic carbocycles. The largest absolute Gasteiger partial charge is 1.00 e. The molecule has 0 spiro atoms. The van der Waals surface area contributed by atoms with Gasteiger partial charge in [-0.1, -0.05) is 95.2 Å². The lowest BCUT2D eigenvalue weighted by Crippen LogP contribution is -3.00. The number of hydrogen-bond acceptors (Lipinski definition) is 0. The van der Waals surface area contributed by atoms with E-state index in [4.69, 9.17) is 0 Å². The summed E-state index contributed by atoms with van der Waals surface area (Å²) in [5.41, 5.74) is 1.42. The number of halogens is 1. The van der Waals surface area contributed by atoms with Crippen molar-refractivity contribution in [2.24, 2.45) is 0 Å². The maximum Gasteiger partial charge on any atom is 0.107 e. The van der Waals surface area contributed by atoms with Crippen molar-refractivity contribution in [3.8, 4) is 0 Å². The zero-order valence-corrected chi connectivity index (χ0v) is 18.4. The van der Waals surface area contributed by atoms with Gasteiger partial charge in [0, 0.05) is 12.0 Å². The van der Waals surface area contributed by atoms with Crippen LogP contribution < -0.4 is 17.0 Å². The molecule has 2 heteroatoms. The van der Waals surface area contributed by atoms with Crippen LogP contribution in [0, 0.1) is 0 Å². The maximum absolute atomic E-state index is 4.11. The lowest BCUT2D eigenvalue weighted by molar-refractivity contribution is -0.921. The molecule has 0 heterocycles. The number of hydrogen-bond donors (Lipinski definition) is 0. The molecule has 0 N–H and O–H groups in total. The first-order valence-electron chi connectivity index (χ1n) is 10.1. The molecule has 0 fully saturated rings. The number of rotatable bonds is 14. The normalized spacial score (nSPS) is 12.4. The molecule has 0 aliphatic heterocycles. The van der Waals surface area contributed by atoms with Crippen molar-refractivity contribution in [2.45, 2.75) is 83.7 Å². The Morgan fingerprint density at radius 2 is 1.40 bits per heavy atom. The smallest absolute Gasteiger partial charge is 0.107 e. The van der Waals surface area contributed by atoms with Gasteiger partial charge in [0.05, 0.1) is 14.1 Å². The van der Waals surface area contributed by atoms with Crippen LogP contribution in [0.2, 0.25) is 0 Å². The van der Waals surface area contributed by atoms with Gasteiger partial charge in [-0.3, -0.25) is 0 Å². The summed E-state index contributed by atoms with van der Waals surface area (Å²) >= 11 is 0. The third kappa shape index (κ3) is 10.9. The second kappa shape index (κ2) is 14.6. The molecule has 1 rings (SSSR count). The van der Waals surface area contributed by atoms with Crippen LogP contribution in [-0.2, 0) is 6.54 Å². The number of likely N-dealkylation sites (N-methyl/N-ethyl adjacent to an activating group) is 1. The van der Waals surface area contributed by atoms with Gasteiger partial charge in [-0.15, -0.1) is 0 Å². The highest BCUT2D eigenvalue weighted by molar-refractivity contribution is 5.13. The molecule has 0 saturated heterocycles. The van der Waals surface area contributed by atoms with Crippen LogP contribution in [0.5, 0.6) is 0 Å². The summed E-state index contributed by atoms with van der Waals surface area (Å²) in [4.78, 5) is 0. The van der Waals surface area contributed by atoms with Crippen LogP contribution in [-0.4, -0.2) is 24.6 Å². The first kappa shape index (κ1) is 24.4. The second-order valence-corrected chi connectivity index (χ2v) is 7.84. The highest BCUT2D eigenvalue weighted by Crippen LogP contribution is 2.20. The molecule has 144 valence electrons. The molecule has 0 bridgehead atoms. The van der Waals surface area contributed by atoms with Crippen LogP contribution in [0.4, 0.5) is 0 Å². The van der Waals surface area contributed by atoms with E-state index in [1.54, 1.807) is 0 Å². The molecule has 0 amide bonds. The van der Waals surface area contributed by atoms with Crippen LogP contribution >= 0.6 is 0 Å². The third-order valence-electron chi connectivity index (χ3n) is 5.21. The fraction of sp³-hybridized carbons (Fsp3) is 0.652. The summed E-state index contributed by atoms with van der Waals surface area (Å²) in [6, 6.07) is 11.4. The highest BCUT2D eigenvalue weighted by atomic mass is 79.9. The standard InChI is InChI=1S/C23H40N.BrH/c1-5-7-8-9-10-11-12-13-17-20-23(6-2)24(3,4)21-22-18-15-14-16-19-22;/h6,14-16,18-19,23H,2,5,7-13,17,20-21H2,1,3-4H3;1H/q+1;/p-1. The highest BCUT2D eigenvalue weighted by Gasteiger charge is 2.25. The topological polar surface area (TPSA) is 0 Å². The Labute approximate surface area is 167 Å². The van der Waals surface area contributed by atoms with Crippen molar-refractivity contribution in [3.05, 3.63) is 48.6 Å². The van der Waals surface area contributed by atoms with Crippen LogP contribution in [0.3, 0.4) is 0 Å². The average Bonchev–Trinajstić information content (AvgIpc) is 2.57. The summed E-state index contributed by atoms with van der Waals surface area (Å²) in [6.07, 6.45) is 16.0. The molecule has 25 heavy (non-hydrogen) atoms. The van der Waals surface area contributed by atoms with E-state index in [1.165, 1.54) is 69.8 Å². The monoisotopic (exact) mass is 409 g/mol. The number of nitrogens with zero attached hydrogens (tertiary/aromatic N) is 1. The summed E-state index contributed by atoms with van der Waals surface area (Å²) in [7, 11) is 4.68. The molecule has 0 aromatic heterocycles. The molecule has 1 aromatic rings. The third-order valence-corrected chi connectivity index (χ3v) is 5.21. The molecular formula is C23H40BrN. The second-order valence-electron chi connectivity index (χ2n) is 7.84. The van der Waals surface area contributed by atoms with Gasteiger partial charge in [-0.05, 0) is 12.5 Å². The predicted octanol–water partition coefficient (Wildman–Crippen LogP) is 3.74. The van der Waals surface area contributed by atoms with E-state index in [-0.39, 0.29) is 17.0 Å². The summed E-state index contributed by atoms with van der Waals surface area (Å²) in [5.74, 6) is 0. The van der Waals surface area contributed by atoms with Gasteiger partial charge < -0.3 is 21.5 Å². The minimum Gasteiger partial charge on any atom is -1.00 e. The molecule has 0 radical (unpaired) electrons. The molecular weight excluding hydrogens is 370 g/mol. The molecule has 1 atom stereocenters. The van der Waals surface area contributed by atoms with Gasteiger partial charge in [0.1, 0.15) is 12.6 Å². The fourth-order valence-corrected chi connectivity index (χ4v) is 3.59. The van der Waals surface area contributed by atoms with Crippen molar-refractivity contribution in [1.82, 2.24) is 0 Å². The minimum atomic E-state index is 0. The van der Waals surface area contributed by atoms with Crippen molar-refractivity contribution in [1.29, 1.82) is 0 Å². The van der Waals surface area contributed by atoms with Gasteiger partial charge in [-0.2, -0.15) is 0 Å². The lowest BCUT2D eigenvalue weighted by Gasteiger charge is -2.37. The maximum atomic E-state index is 4.11. The Balaban J connectivity index is 0.00000576. The Hall–Kier alpha value is -0.600. The lowest BCUT2D eigenvalue weighted by atomic mass is 10.0. The van der Waals surface area contributed by atoms with E-state index in [0.29, 0.717) is 6.04 Å². The molecule has 0 aliphatic rings. The zero-order valence-electron chi connectivity index (χ0n) is 16.9. The number of quaternary nitrogens is 1. The number of benzene rings is 1. The quantitative estimate of drug-likeness (QED) is 0.249. The van der Waals surface area contributed by atoms with E-state index in [1.807, 2.05) is 0 Å². The Morgan fingerprint density at radius 3 is 1.92 bits per heavy atom. The zero-order chi connectivity index (χ0) is 17.7. The Kier molecular flexibility index (Phi) is 14.2. The van der Waals surface area contributed by atoms with Crippen LogP contribution in [0.15, 0.2) is 43.0 Å². The molecule has 1 aromatic carbocycles. The summed E-state index contributed by atoms with van der Waals surface area (Å²) < 4.78 is 1.00. The van der Waals surface area contributed by atoms with Crippen molar-refractivity contribution in [3.63, 3.8) is 0 Å². The summed E-state index contributed by atoms with van der Waals surface area (Å²) in [5, 5.41) is 0. The van der Waals surface area contributed by atoms with Gasteiger partial charge in [0.15, 0.2) is 0 Å². The van der Waals surface area contributed by atoms with Gasteiger partial charge in [0.2, 0.25) is 0 Å². The van der Waals surface area contributed by atoms with E-state index in [9.17, 15) is 0 Å². The Morgan fingerprint density at radius 1 is 0.880 bits per heavy atom. The molecule has 1 unspecified atom stereocenters. The average molecular weight is 410 g/mol. The molecule has 1 nitrogen and oxygen atoms in total. The van der Waals surface area contributed by atoms with Crippen molar-refractivity contribution in [2.75, 3.05) is 14.1 Å². The first-order chi connectivity index (χ1) is 11.6. The van der Waals surface area contributed by atoms with Crippen molar-refractivity contribution < 1.29 is 21.5 Å². The van der Waals surface area contributed by atoms with Gasteiger partial charge in [0.25, 0.3) is 0 Å². The van der Waals surface area contributed by atoms with Crippen LogP contribution in [0.25, 0.3) is 0 Å². The van der Waals surface area contributed by atoms with E-state index in [2.05, 4.69) is 64.0 Å². The van der Waals surface area contributed by atoms with Gasteiger partial charge in [-0.25, -0.2) is 0 Å². The predicted molar refractivity (Wildman–Crippen MR) is 108 cm³/mol. The first-order valence-corrected chi connectivity index (χ1v) is 10.1. The van der Waals surface area contributed by atoms with E-state index in [0.717, 1.165) is 11.0 Å². The Bertz CT molecular complexity index is 427. The van der Waals surface area contributed by atoms with E-state index >= 15 is 0 Å². The molecule has 0 saturated carbocycles. The fourth-order valence-electron chi connectivity index (χ4n) is 3.59. The van der Waals surface area contributed by atoms with E-state index < -0.39 is 0 Å². The minimum absolute atomic E-state index is 0. The summed E-state index contributed by atoms with van der Waals surface area (Å²) in [6.45, 7) is 7.47. The van der Waals surface area contributed by atoms with Crippen LogP contribution in [0.1, 0.15) is 76.7 Å². The van der Waals surface area contributed by atoms with Crippen molar-refractivity contribution >= 4 is 0 Å². The van der Waals surface area contributed by atoms with Gasteiger partial charge >= 0.3 is 0 Å².